The van der Waals surface area contributed by atoms with Crippen molar-refractivity contribution in [2.24, 2.45) is 0 Å². The summed E-state index contributed by atoms with van der Waals surface area (Å²) >= 11 is 0. The lowest BCUT2D eigenvalue weighted by molar-refractivity contribution is -0.137. The summed E-state index contributed by atoms with van der Waals surface area (Å²) in [5.41, 5.74) is 6.08. The van der Waals surface area contributed by atoms with Gasteiger partial charge in [0.25, 0.3) is 0 Å². The maximum Gasteiger partial charge on any atom is 0.303 e. The van der Waals surface area contributed by atoms with Gasteiger partial charge in [0.1, 0.15) is 5.75 Å². The molecule has 1 N–H and O–H groups in total. The minimum absolute atomic E-state index is 0.0728. The highest BCUT2D eigenvalue weighted by Crippen LogP contribution is 2.41. The average Bonchev–Trinajstić information content (AvgIpc) is 3.29. The number of fused-ring (bicyclic) bond motifs is 3. The number of aliphatic carboxylic acids is 1. The van der Waals surface area contributed by atoms with Gasteiger partial charge in [-0.05, 0) is 52.8 Å². The molecule has 4 aromatic carbocycles. The maximum atomic E-state index is 13.9. The summed E-state index contributed by atoms with van der Waals surface area (Å²) in [6.45, 7) is 12.7. The van der Waals surface area contributed by atoms with Crippen molar-refractivity contribution in [2.75, 3.05) is 7.11 Å². The Kier molecular flexibility index (Phi) is 7.95. The molecule has 5 heteroatoms. The van der Waals surface area contributed by atoms with Crippen LogP contribution in [0.1, 0.15) is 87.4 Å². The SMILES string of the molecule is COc1c(C(C)(C)C)cc(C(=O)CC(CC(=O)O)c2ccc(-n3c4ccccc4c4ccccc43)cc2)cc1C(C)(C)C. The Hall–Kier alpha value is -4.38. The number of carbonyl (C=O) groups excluding carboxylic acids is 1. The Morgan fingerprint density at radius 1 is 0.744 bits per heavy atom. The van der Waals surface area contributed by atoms with E-state index in [9.17, 15) is 14.7 Å². The number of carbonyl (C=O) groups is 2. The third kappa shape index (κ3) is 5.94. The molecule has 1 atom stereocenters. The second kappa shape index (κ2) is 11.4. The first-order valence-electron chi connectivity index (χ1n) is 14.9. The predicted molar refractivity (Wildman–Crippen MR) is 175 cm³/mol. The fourth-order valence-corrected chi connectivity index (χ4v) is 6.08. The molecule has 5 rings (SSSR count). The zero-order valence-electron chi connectivity index (χ0n) is 26.2. The second-order valence-electron chi connectivity index (χ2n) is 13.5. The molecule has 222 valence electrons. The number of benzene rings is 4. The molecule has 0 bridgehead atoms. The smallest absolute Gasteiger partial charge is 0.303 e. The highest BCUT2D eigenvalue weighted by Gasteiger charge is 2.30. The first kappa shape index (κ1) is 30.1. The number of aromatic nitrogens is 1. The number of nitrogens with zero attached hydrogens (tertiary/aromatic N) is 1. The number of carboxylic acid groups (broad SMARTS) is 1. The molecule has 5 nitrogen and oxygen atoms in total. The average molecular weight is 576 g/mol. The number of hydrogen-bond donors (Lipinski definition) is 1. The van der Waals surface area contributed by atoms with Gasteiger partial charge in [-0.1, -0.05) is 90.1 Å². The van der Waals surface area contributed by atoms with Crippen molar-refractivity contribution < 1.29 is 19.4 Å². The molecule has 5 aromatic rings. The summed E-state index contributed by atoms with van der Waals surface area (Å²) in [7, 11) is 1.67. The molecule has 1 aromatic heterocycles. The van der Waals surface area contributed by atoms with Crippen LogP contribution in [-0.2, 0) is 15.6 Å². The molecule has 0 saturated heterocycles. The van der Waals surface area contributed by atoms with Crippen LogP contribution in [0.3, 0.4) is 0 Å². The summed E-state index contributed by atoms with van der Waals surface area (Å²) < 4.78 is 8.10. The van der Waals surface area contributed by atoms with Gasteiger partial charge in [-0.2, -0.15) is 0 Å². The van der Waals surface area contributed by atoms with E-state index in [0.717, 1.165) is 39.2 Å². The fraction of sp³-hybridized carbons (Fsp3) is 0.316. The summed E-state index contributed by atoms with van der Waals surface area (Å²) in [5.74, 6) is -0.657. The highest BCUT2D eigenvalue weighted by atomic mass is 16.5. The molecule has 0 aliphatic heterocycles. The van der Waals surface area contributed by atoms with Crippen LogP contribution in [0.5, 0.6) is 5.75 Å². The lowest BCUT2D eigenvalue weighted by atomic mass is 9.77. The molecule has 1 heterocycles. The number of hydrogen-bond acceptors (Lipinski definition) is 3. The number of carboxylic acids is 1. The zero-order valence-corrected chi connectivity index (χ0v) is 26.2. The molecule has 0 aliphatic rings. The van der Waals surface area contributed by atoms with Gasteiger partial charge >= 0.3 is 5.97 Å². The van der Waals surface area contributed by atoms with E-state index in [-0.39, 0.29) is 29.5 Å². The first-order valence-corrected chi connectivity index (χ1v) is 14.9. The molecule has 0 radical (unpaired) electrons. The van der Waals surface area contributed by atoms with Crippen molar-refractivity contribution in [3.63, 3.8) is 0 Å². The van der Waals surface area contributed by atoms with E-state index < -0.39 is 11.9 Å². The first-order chi connectivity index (χ1) is 20.3. The van der Waals surface area contributed by atoms with Crippen LogP contribution >= 0.6 is 0 Å². The van der Waals surface area contributed by atoms with Crippen molar-refractivity contribution in [1.29, 1.82) is 0 Å². The second-order valence-corrected chi connectivity index (χ2v) is 13.5. The molecular formula is C38H41NO4. The van der Waals surface area contributed by atoms with Crippen molar-refractivity contribution in [3.8, 4) is 11.4 Å². The van der Waals surface area contributed by atoms with Crippen LogP contribution in [0.15, 0.2) is 84.9 Å². The molecule has 0 aliphatic carbocycles. The summed E-state index contributed by atoms with van der Waals surface area (Å²) in [5, 5.41) is 12.2. The number of ketones is 1. The lowest BCUT2D eigenvalue weighted by Gasteiger charge is -2.30. The minimum atomic E-state index is -0.926. The van der Waals surface area contributed by atoms with E-state index >= 15 is 0 Å². The van der Waals surface area contributed by atoms with Gasteiger partial charge in [-0.25, -0.2) is 0 Å². The van der Waals surface area contributed by atoms with Gasteiger partial charge < -0.3 is 14.4 Å². The molecule has 0 spiro atoms. The molecule has 43 heavy (non-hydrogen) atoms. The highest BCUT2D eigenvalue weighted by molar-refractivity contribution is 6.09. The fourth-order valence-electron chi connectivity index (χ4n) is 6.08. The van der Waals surface area contributed by atoms with Crippen LogP contribution in [0.25, 0.3) is 27.5 Å². The lowest BCUT2D eigenvalue weighted by Crippen LogP contribution is -2.21. The number of ether oxygens (including phenoxy) is 1. The molecule has 1 unspecified atom stereocenters. The molecule has 0 fully saturated rings. The number of para-hydroxylation sites is 2. The standard InChI is InChI=1S/C38H41NO4/c1-37(2,3)30-20-26(21-31(36(30)43-7)38(4,5)6)34(40)22-25(23-35(41)42)24-16-18-27(19-17-24)39-32-14-10-8-12-28(32)29-13-9-11-15-33(29)39/h8-21,25H,22-23H2,1-7H3,(H,41,42). The van der Waals surface area contributed by atoms with Crippen LogP contribution in [0, 0.1) is 0 Å². The van der Waals surface area contributed by atoms with Gasteiger partial charge in [0.15, 0.2) is 5.78 Å². The van der Waals surface area contributed by atoms with Crippen molar-refractivity contribution in [2.45, 2.75) is 71.1 Å². The van der Waals surface area contributed by atoms with Gasteiger partial charge in [-0.3, -0.25) is 9.59 Å². The van der Waals surface area contributed by atoms with Gasteiger partial charge in [0.05, 0.1) is 24.6 Å². The van der Waals surface area contributed by atoms with Crippen LogP contribution in [0.2, 0.25) is 0 Å². The van der Waals surface area contributed by atoms with E-state index in [1.807, 2.05) is 60.7 Å². The van der Waals surface area contributed by atoms with E-state index in [1.165, 1.54) is 10.8 Å². The van der Waals surface area contributed by atoms with Crippen LogP contribution < -0.4 is 4.74 Å². The Balaban J connectivity index is 1.52. The number of rotatable bonds is 8. The van der Waals surface area contributed by atoms with E-state index in [4.69, 9.17) is 4.74 Å². The van der Waals surface area contributed by atoms with Gasteiger partial charge in [0.2, 0.25) is 0 Å². The molecular weight excluding hydrogens is 534 g/mol. The van der Waals surface area contributed by atoms with Gasteiger partial charge in [-0.15, -0.1) is 0 Å². The summed E-state index contributed by atoms with van der Waals surface area (Å²) in [6, 6.07) is 28.5. The summed E-state index contributed by atoms with van der Waals surface area (Å²) in [4.78, 5) is 25.8. The Labute approximate surface area is 254 Å². The third-order valence-corrected chi connectivity index (χ3v) is 8.29. The third-order valence-electron chi connectivity index (χ3n) is 8.29. The van der Waals surface area contributed by atoms with Crippen molar-refractivity contribution in [3.05, 3.63) is 107 Å². The predicted octanol–water partition coefficient (Wildman–Crippen LogP) is 9.22. The molecule has 0 saturated carbocycles. The zero-order chi connectivity index (χ0) is 31.1. The van der Waals surface area contributed by atoms with Crippen LogP contribution in [-0.4, -0.2) is 28.5 Å². The minimum Gasteiger partial charge on any atom is -0.496 e. The van der Waals surface area contributed by atoms with E-state index in [1.54, 1.807) is 7.11 Å². The quantitative estimate of drug-likeness (QED) is 0.187. The van der Waals surface area contributed by atoms with E-state index in [2.05, 4.69) is 70.4 Å². The van der Waals surface area contributed by atoms with Gasteiger partial charge in [0, 0.05) is 45.5 Å². The normalized spacial score (nSPS) is 12.9. The number of Topliss-reactive ketones (excluding diaryl/α,β-unsaturated/α-hetero) is 1. The maximum absolute atomic E-state index is 13.9. The van der Waals surface area contributed by atoms with Crippen molar-refractivity contribution >= 4 is 33.6 Å². The summed E-state index contributed by atoms with van der Waals surface area (Å²) in [6.07, 6.45) is -0.0323. The van der Waals surface area contributed by atoms with E-state index in [0.29, 0.717) is 5.56 Å². The molecule has 0 amide bonds. The Morgan fingerprint density at radius 2 is 1.23 bits per heavy atom. The Bertz CT molecular complexity index is 1730. The van der Waals surface area contributed by atoms with Crippen LogP contribution in [0.4, 0.5) is 0 Å². The Morgan fingerprint density at radius 3 is 1.67 bits per heavy atom. The number of methoxy groups -OCH3 is 1. The van der Waals surface area contributed by atoms with Crippen molar-refractivity contribution in [1.82, 2.24) is 4.57 Å². The largest absolute Gasteiger partial charge is 0.496 e. The topological polar surface area (TPSA) is 68.5 Å². The monoisotopic (exact) mass is 575 g/mol.